The summed E-state index contributed by atoms with van der Waals surface area (Å²) in [6, 6.07) is 17.9. The van der Waals surface area contributed by atoms with Crippen LogP contribution in [-0.4, -0.2) is 67.2 Å². The first-order valence-corrected chi connectivity index (χ1v) is 12.5. The molecule has 4 rings (SSSR count). The fourth-order valence-corrected chi connectivity index (χ4v) is 5.06. The summed E-state index contributed by atoms with van der Waals surface area (Å²) in [6.07, 6.45) is 0. The second-order valence-electron chi connectivity index (χ2n) is 9.23. The van der Waals surface area contributed by atoms with Crippen LogP contribution in [0.15, 0.2) is 65.9 Å². The van der Waals surface area contributed by atoms with Gasteiger partial charge in [0, 0.05) is 50.2 Å². The van der Waals surface area contributed by atoms with E-state index in [-0.39, 0.29) is 18.6 Å². The Morgan fingerprint density at radius 1 is 1.06 bits per heavy atom. The van der Waals surface area contributed by atoms with E-state index in [1.165, 1.54) is 11.3 Å². The fraction of sp³-hybridized carbons (Fsp3) is 0.429. The number of anilines is 1. The van der Waals surface area contributed by atoms with Crippen molar-refractivity contribution in [1.82, 2.24) is 15.1 Å². The molecule has 2 aromatic carbocycles. The molecule has 0 unspecified atom stereocenters. The van der Waals surface area contributed by atoms with Crippen LogP contribution in [0, 0.1) is 6.92 Å². The molecule has 7 nitrogen and oxygen atoms in total. The fourth-order valence-electron chi connectivity index (χ4n) is 5.06. The van der Waals surface area contributed by atoms with Crippen LogP contribution < -0.4 is 10.2 Å². The van der Waals surface area contributed by atoms with E-state index < -0.39 is 6.04 Å². The van der Waals surface area contributed by atoms with Crippen LogP contribution in [0.1, 0.15) is 37.9 Å². The largest absolute Gasteiger partial charge is 0.463 e. The summed E-state index contributed by atoms with van der Waals surface area (Å²) < 4.78 is 5.48. The Morgan fingerprint density at radius 2 is 1.77 bits per heavy atom. The van der Waals surface area contributed by atoms with Gasteiger partial charge in [0.05, 0.1) is 18.2 Å². The van der Waals surface area contributed by atoms with Crippen molar-refractivity contribution >= 4 is 17.7 Å². The van der Waals surface area contributed by atoms with E-state index in [1.807, 2.05) is 37.3 Å². The van der Waals surface area contributed by atoms with Crippen LogP contribution in [0.5, 0.6) is 0 Å². The number of piperazine rings is 1. The number of amides is 2. The molecule has 1 N–H and O–H groups in total. The predicted molar refractivity (Wildman–Crippen MR) is 138 cm³/mol. The van der Waals surface area contributed by atoms with Crippen molar-refractivity contribution in [2.45, 2.75) is 39.8 Å². The summed E-state index contributed by atoms with van der Waals surface area (Å²) in [5, 5.41) is 3.03. The lowest BCUT2D eigenvalue weighted by atomic mass is 9.94. The minimum absolute atomic E-state index is 0.184. The number of rotatable bonds is 7. The van der Waals surface area contributed by atoms with Gasteiger partial charge in [0.25, 0.3) is 0 Å². The number of nitrogens with one attached hydrogen (secondary N) is 1. The number of nitrogens with zero attached hydrogens (tertiary/aromatic N) is 3. The van der Waals surface area contributed by atoms with Crippen LogP contribution in [0.25, 0.3) is 0 Å². The van der Waals surface area contributed by atoms with E-state index in [0.717, 1.165) is 30.9 Å². The lowest BCUT2D eigenvalue weighted by molar-refractivity contribution is -0.139. The normalized spacial score (nSPS) is 21.2. The molecule has 1 saturated heterocycles. The number of carbonyl (C=O) groups is 2. The van der Waals surface area contributed by atoms with E-state index in [4.69, 9.17) is 4.74 Å². The third-order valence-electron chi connectivity index (χ3n) is 6.83. The molecule has 2 aliphatic heterocycles. The average molecular weight is 477 g/mol. The van der Waals surface area contributed by atoms with Crippen LogP contribution in [0.2, 0.25) is 0 Å². The molecule has 35 heavy (non-hydrogen) atoms. The summed E-state index contributed by atoms with van der Waals surface area (Å²) >= 11 is 0. The van der Waals surface area contributed by atoms with E-state index in [9.17, 15) is 9.59 Å². The van der Waals surface area contributed by atoms with Gasteiger partial charge in [0.15, 0.2) is 0 Å². The first-order valence-electron chi connectivity index (χ1n) is 12.5. The van der Waals surface area contributed by atoms with Gasteiger partial charge in [-0.3, -0.25) is 9.80 Å². The molecule has 7 heteroatoms. The quantitative estimate of drug-likeness (QED) is 0.610. The van der Waals surface area contributed by atoms with Crippen molar-refractivity contribution in [3.05, 3.63) is 77.0 Å². The standard InChI is InChI=1S/C28H36N4O3/c1-5-31-24(19-30-16-17-32(21(4)18-30)23-14-12-20(3)13-15-23)25(27(33)35-6-2)26(29-28(31)34)22-10-8-7-9-11-22/h7-15,21,26H,5-6,16-19H2,1-4H3,(H,29,34)/t21-,26+/m0/s1. The number of hydrogen-bond acceptors (Lipinski definition) is 5. The summed E-state index contributed by atoms with van der Waals surface area (Å²) in [4.78, 5) is 32.8. The highest BCUT2D eigenvalue weighted by molar-refractivity contribution is 5.95. The Balaban J connectivity index is 1.64. The molecule has 0 radical (unpaired) electrons. The van der Waals surface area contributed by atoms with Crippen molar-refractivity contribution in [3.8, 4) is 0 Å². The molecule has 2 aliphatic rings. The Hall–Kier alpha value is -3.32. The van der Waals surface area contributed by atoms with Crippen LogP contribution >= 0.6 is 0 Å². The number of benzene rings is 2. The highest BCUT2D eigenvalue weighted by atomic mass is 16.5. The number of likely N-dealkylation sites (N-methyl/N-ethyl adjacent to an activating group) is 1. The Kier molecular flexibility index (Phi) is 7.76. The number of carbonyl (C=O) groups excluding carboxylic acids is 2. The summed E-state index contributed by atoms with van der Waals surface area (Å²) in [5.74, 6) is -0.374. The molecule has 2 atom stereocenters. The number of urea groups is 1. The van der Waals surface area contributed by atoms with Crippen LogP contribution in [0.4, 0.5) is 10.5 Å². The molecule has 2 amide bonds. The molecule has 0 saturated carbocycles. The lowest BCUT2D eigenvalue weighted by Crippen LogP contribution is -2.55. The monoisotopic (exact) mass is 476 g/mol. The second kappa shape index (κ2) is 11.0. The zero-order valence-electron chi connectivity index (χ0n) is 21.2. The van der Waals surface area contributed by atoms with Gasteiger partial charge in [-0.25, -0.2) is 9.59 Å². The third kappa shape index (κ3) is 5.35. The Bertz CT molecular complexity index is 1070. The Labute approximate surface area is 208 Å². The first-order chi connectivity index (χ1) is 16.9. The Morgan fingerprint density at radius 3 is 2.40 bits per heavy atom. The predicted octanol–water partition coefficient (Wildman–Crippen LogP) is 4.11. The van der Waals surface area contributed by atoms with E-state index >= 15 is 0 Å². The summed E-state index contributed by atoms with van der Waals surface area (Å²) in [7, 11) is 0. The van der Waals surface area contributed by atoms with Gasteiger partial charge in [0.2, 0.25) is 0 Å². The minimum atomic E-state index is -0.535. The van der Waals surface area contributed by atoms with Crippen molar-refractivity contribution in [2.24, 2.45) is 0 Å². The van der Waals surface area contributed by atoms with Gasteiger partial charge in [-0.2, -0.15) is 0 Å². The second-order valence-corrected chi connectivity index (χ2v) is 9.23. The van der Waals surface area contributed by atoms with Crippen molar-refractivity contribution in [2.75, 3.05) is 44.2 Å². The maximum Gasteiger partial charge on any atom is 0.338 e. The summed E-state index contributed by atoms with van der Waals surface area (Å²) in [5.41, 5.74) is 4.61. The molecule has 2 aromatic rings. The molecule has 1 fully saturated rings. The zero-order valence-corrected chi connectivity index (χ0v) is 21.2. The molecule has 0 aliphatic carbocycles. The number of ether oxygens (including phenoxy) is 1. The molecule has 186 valence electrons. The van der Waals surface area contributed by atoms with Crippen LogP contribution in [0.3, 0.4) is 0 Å². The molecule has 0 spiro atoms. The molecular formula is C28H36N4O3. The van der Waals surface area contributed by atoms with Crippen molar-refractivity contribution in [1.29, 1.82) is 0 Å². The van der Waals surface area contributed by atoms with E-state index in [1.54, 1.807) is 11.8 Å². The topological polar surface area (TPSA) is 65.1 Å². The van der Waals surface area contributed by atoms with Gasteiger partial charge < -0.3 is 15.0 Å². The van der Waals surface area contributed by atoms with Crippen molar-refractivity contribution in [3.63, 3.8) is 0 Å². The maximum absolute atomic E-state index is 13.2. The zero-order chi connectivity index (χ0) is 24.9. The van der Waals surface area contributed by atoms with Crippen molar-refractivity contribution < 1.29 is 14.3 Å². The minimum Gasteiger partial charge on any atom is -0.463 e. The number of esters is 1. The van der Waals surface area contributed by atoms with E-state index in [0.29, 0.717) is 24.7 Å². The first kappa shape index (κ1) is 24.8. The lowest BCUT2D eigenvalue weighted by Gasteiger charge is -2.43. The van der Waals surface area contributed by atoms with E-state index in [2.05, 4.69) is 53.2 Å². The highest BCUT2D eigenvalue weighted by Crippen LogP contribution is 2.32. The molecule has 0 aromatic heterocycles. The van der Waals surface area contributed by atoms with Gasteiger partial charge >= 0.3 is 12.0 Å². The van der Waals surface area contributed by atoms with Crippen LogP contribution in [-0.2, 0) is 9.53 Å². The molecule has 0 bridgehead atoms. The molecule has 2 heterocycles. The number of hydrogen-bond donors (Lipinski definition) is 1. The van der Waals surface area contributed by atoms with Gasteiger partial charge in [-0.1, -0.05) is 48.0 Å². The van der Waals surface area contributed by atoms with Gasteiger partial charge in [0.1, 0.15) is 0 Å². The summed E-state index contributed by atoms with van der Waals surface area (Å²) in [6.45, 7) is 11.9. The highest BCUT2D eigenvalue weighted by Gasteiger charge is 2.38. The van der Waals surface area contributed by atoms with Gasteiger partial charge in [-0.05, 0) is 45.4 Å². The van der Waals surface area contributed by atoms with Gasteiger partial charge in [-0.15, -0.1) is 0 Å². The maximum atomic E-state index is 13.2. The smallest absolute Gasteiger partial charge is 0.338 e. The number of aryl methyl sites for hydroxylation is 1. The third-order valence-corrected chi connectivity index (χ3v) is 6.83. The SMILES string of the molecule is CCOC(=O)C1=C(CN2CCN(c3ccc(C)cc3)[C@@H](C)C2)N(CC)C(=O)N[C@@H]1c1ccccc1. The average Bonchev–Trinajstić information content (AvgIpc) is 2.85. The molecular weight excluding hydrogens is 440 g/mol.